The molecule has 4 aromatic rings. The number of ether oxygens (including phenoxy) is 1. The lowest BCUT2D eigenvalue weighted by Gasteiger charge is -2.08. The van der Waals surface area contributed by atoms with Crippen LogP contribution in [0.1, 0.15) is 27.0 Å². The van der Waals surface area contributed by atoms with Crippen molar-refractivity contribution in [2.45, 2.75) is 6.92 Å². The van der Waals surface area contributed by atoms with Gasteiger partial charge in [0.05, 0.1) is 11.6 Å². The van der Waals surface area contributed by atoms with Gasteiger partial charge in [-0.3, -0.25) is 4.79 Å². The van der Waals surface area contributed by atoms with Crippen LogP contribution in [-0.2, 0) is 4.74 Å². The van der Waals surface area contributed by atoms with Gasteiger partial charge in [-0.2, -0.15) is 0 Å². The van der Waals surface area contributed by atoms with E-state index < -0.39 is 5.97 Å². The largest absolute Gasteiger partial charge is 0.462 e. The summed E-state index contributed by atoms with van der Waals surface area (Å²) in [5.74, 6) is -0.863. The predicted molar refractivity (Wildman–Crippen MR) is 126 cm³/mol. The maximum atomic E-state index is 13.0. The fourth-order valence-electron chi connectivity index (χ4n) is 3.02. The van der Waals surface area contributed by atoms with Crippen molar-refractivity contribution < 1.29 is 14.3 Å². The number of anilines is 1. The summed E-state index contributed by atoms with van der Waals surface area (Å²) in [4.78, 5) is 26.1. The van der Waals surface area contributed by atoms with Crippen LogP contribution in [0.25, 0.3) is 21.2 Å². The molecular formula is C22H15Cl2NO3S2. The molecule has 8 heteroatoms. The van der Waals surface area contributed by atoms with E-state index in [1.54, 1.807) is 19.1 Å². The molecule has 1 N–H and O–H groups in total. The fourth-order valence-corrected chi connectivity index (χ4v) is 5.51. The molecule has 0 saturated heterocycles. The second-order valence-electron chi connectivity index (χ2n) is 6.28. The molecule has 0 aliphatic carbocycles. The molecule has 0 aliphatic rings. The molecule has 152 valence electrons. The van der Waals surface area contributed by atoms with Crippen LogP contribution < -0.4 is 5.32 Å². The zero-order valence-electron chi connectivity index (χ0n) is 15.7. The van der Waals surface area contributed by atoms with Gasteiger partial charge in [-0.15, -0.1) is 22.7 Å². The Morgan fingerprint density at radius 3 is 2.50 bits per heavy atom. The Kier molecular flexibility index (Phi) is 6.11. The molecule has 30 heavy (non-hydrogen) atoms. The topological polar surface area (TPSA) is 55.4 Å². The van der Waals surface area contributed by atoms with Crippen LogP contribution >= 0.6 is 45.9 Å². The minimum absolute atomic E-state index is 0.226. The first-order chi connectivity index (χ1) is 14.5. The van der Waals surface area contributed by atoms with Gasteiger partial charge in [0.25, 0.3) is 5.91 Å². The van der Waals surface area contributed by atoms with E-state index in [4.69, 9.17) is 27.9 Å². The van der Waals surface area contributed by atoms with E-state index in [-0.39, 0.29) is 12.5 Å². The Labute approximate surface area is 191 Å². The van der Waals surface area contributed by atoms with Crippen molar-refractivity contribution in [3.05, 3.63) is 74.4 Å². The van der Waals surface area contributed by atoms with Crippen LogP contribution in [0.2, 0.25) is 10.0 Å². The third-order valence-electron chi connectivity index (χ3n) is 4.39. The van der Waals surface area contributed by atoms with E-state index in [1.165, 1.54) is 22.7 Å². The number of amides is 1. The Morgan fingerprint density at radius 1 is 1.07 bits per heavy atom. The van der Waals surface area contributed by atoms with Crippen LogP contribution in [0, 0.1) is 0 Å². The van der Waals surface area contributed by atoms with Crippen molar-refractivity contribution in [2.24, 2.45) is 0 Å². The molecule has 0 aliphatic heterocycles. The highest BCUT2D eigenvalue weighted by molar-refractivity contribution is 7.22. The van der Waals surface area contributed by atoms with Crippen molar-refractivity contribution in [1.82, 2.24) is 0 Å². The highest BCUT2D eigenvalue weighted by atomic mass is 35.5. The highest BCUT2D eigenvalue weighted by Crippen LogP contribution is 2.39. The van der Waals surface area contributed by atoms with Gasteiger partial charge in [0.1, 0.15) is 15.4 Å². The Hall–Kier alpha value is -2.38. The Bertz CT molecular complexity index is 1250. The second-order valence-corrected chi connectivity index (χ2v) is 9.02. The SMILES string of the molecule is CCOC(=O)c1c(-c2ccc(Cl)cc2)csc1NC(=O)c1sc2ccccc2c1Cl. The van der Waals surface area contributed by atoms with Crippen LogP contribution in [-0.4, -0.2) is 18.5 Å². The molecule has 2 aromatic heterocycles. The average molecular weight is 476 g/mol. The smallest absolute Gasteiger partial charge is 0.341 e. The summed E-state index contributed by atoms with van der Waals surface area (Å²) >= 11 is 15.0. The molecule has 0 spiro atoms. The van der Waals surface area contributed by atoms with Gasteiger partial charge in [-0.05, 0) is 30.7 Å². The van der Waals surface area contributed by atoms with Gasteiger partial charge in [0.15, 0.2) is 0 Å². The van der Waals surface area contributed by atoms with E-state index >= 15 is 0 Å². The molecule has 0 radical (unpaired) electrons. The number of hydrogen-bond donors (Lipinski definition) is 1. The normalized spacial score (nSPS) is 10.9. The summed E-state index contributed by atoms with van der Waals surface area (Å²) in [6, 6.07) is 14.7. The molecule has 0 bridgehead atoms. The summed E-state index contributed by atoms with van der Waals surface area (Å²) in [5, 5.41) is 6.91. The van der Waals surface area contributed by atoms with Gasteiger partial charge in [-0.1, -0.05) is 53.5 Å². The number of fused-ring (bicyclic) bond motifs is 1. The van der Waals surface area contributed by atoms with E-state index in [0.29, 0.717) is 31.1 Å². The fraction of sp³-hybridized carbons (Fsp3) is 0.0909. The number of carbonyl (C=O) groups is 2. The first-order valence-corrected chi connectivity index (χ1v) is 11.5. The number of hydrogen-bond acceptors (Lipinski definition) is 5. The van der Waals surface area contributed by atoms with E-state index in [9.17, 15) is 9.59 Å². The van der Waals surface area contributed by atoms with E-state index in [0.717, 1.165) is 15.6 Å². The van der Waals surface area contributed by atoms with Gasteiger partial charge < -0.3 is 10.1 Å². The molecule has 2 aromatic carbocycles. The van der Waals surface area contributed by atoms with Crippen molar-refractivity contribution in [2.75, 3.05) is 11.9 Å². The van der Waals surface area contributed by atoms with Crippen LogP contribution in [0.5, 0.6) is 0 Å². The van der Waals surface area contributed by atoms with E-state index in [2.05, 4.69) is 5.32 Å². The van der Waals surface area contributed by atoms with Gasteiger partial charge in [0, 0.05) is 26.1 Å². The number of thiophene rings is 2. The highest BCUT2D eigenvalue weighted by Gasteiger charge is 2.25. The Morgan fingerprint density at radius 2 is 1.80 bits per heavy atom. The lowest BCUT2D eigenvalue weighted by molar-refractivity contribution is 0.0529. The first-order valence-electron chi connectivity index (χ1n) is 9.02. The standard InChI is InChI=1S/C22H15Cl2NO3S2/c1-2-28-22(27)17-15(12-7-9-13(23)10-8-12)11-29-21(17)25-20(26)19-18(24)14-5-3-4-6-16(14)30-19/h3-11H,2H2,1H3,(H,25,26). The molecular weight excluding hydrogens is 461 g/mol. The molecule has 0 saturated carbocycles. The summed E-state index contributed by atoms with van der Waals surface area (Å²) in [5.41, 5.74) is 1.79. The van der Waals surface area contributed by atoms with Crippen molar-refractivity contribution >= 4 is 72.8 Å². The Balaban J connectivity index is 1.72. The van der Waals surface area contributed by atoms with Crippen LogP contribution in [0.15, 0.2) is 53.9 Å². The maximum absolute atomic E-state index is 13.0. The molecule has 0 atom stereocenters. The monoisotopic (exact) mass is 475 g/mol. The molecule has 1 amide bonds. The quantitative estimate of drug-likeness (QED) is 0.306. The number of halogens is 2. The number of benzene rings is 2. The number of carbonyl (C=O) groups excluding carboxylic acids is 2. The lowest BCUT2D eigenvalue weighted by Crippen LogP contribution is -2.14. The van der Waals surface area contributed by atoms with Crippen molar-refractivity contribution in [3.63, 3.8) is 0 Å². The summed E-state index contributed by atoms with van der Waals surface area (Å²) in [7, 11) is 0. The third-order valence-corrected chi connectivity index (χ3v) is 7.22. The lowest BCUT2D eigenvalue weighted by atomic mass is 10.0. The maximum Gasteiger partial charge on any atom is 0.341 e. The minimum Gasteiger partial charge on any atom is -0.462 e. The van der Waals surface area contributed by atoms with Gasteiger partial charge in [-0.25, -0.2) is 4.79 Å². The zero-order chi connectivity index (χ0) is 21.3. The van der Waals surface area contributed by atoms with Gasteiger partial charge in [0.2, 0.25) is 0 Å². The van der Waals surface area contributed by atoms with Gasteiger partial charge >= 0.3 is 5.97 Å². The molecule has 0 unspecified atom stereocenters. The molecule has 4 rings (SSSR count). The summed E-state index contributed by atoms with van der Waals surface area (Å²) in [6.07, 6.45) is 0. The number of nitrogens with one attached hydrogen (secondary N) is 1. The minimum atomic E-state index is -0.499. The average Bonchev–Trinajstić information content (AvgIpc) is 3.30. The number of rotatable bonds is 5. The third kappa shape index (κ3) is 3.96. The molecule has 0 fully saturated rings. The van der Waals surface area contributed by atoms with Crippen LogP contribution in [0.3, 0.4) is 0 Å². The van der Waals surface area contributed by atoms with E-state index in [1.807, 2.05) is 41.8 Å². The van der Waals surface area contributed by atoms with Crippen molar-refractivity contribution in [3.8, 4) is 11.1 Å². The number of esters is 1. The molecule has 2 heterocycles. The zero-order valence-corrected chi connectivity index (χ0v) is 18.8. The molecule has 4 nitrogen and oxygen atoms in total. The van der Waals surface area contributed by atoms with Crippen LogP contribution in [0.4, 0.5) is 5.00 Å². The summed E-state index contributed by atoms with van der Waals surface area (Å²) in [6.45, 7) is 1.96. The van der Waals surface area contributed by atoms with Crippen molar-refractivity contribution in [1.29, 1.82) is 0 Å². The summed E-state index contributed by atoms with van der Waals surface area (Å²) < 4.78 is 6.16. The first kappa shape index (κ1) is 20.9. The predicted octanol–water partition coefficient (Wildman–Crippen LogP) is 7.37. The second kappa shape index (κ2) is 8.78.